The summed E-state index contributed by atoms with van der Waals surface area (Å²) in [5.41, 5.74) is -5.66. The molecule has 18 heavy (non-hydrogen) atoms. The molecule has 0 saturated carbocycles. The zero-order valence-electron chi connectivity index (χ0n) is 8.19. The summed E-state index contributed by atoms with van der Waals surface area (Å²) in [7, 11) is -4.92. The minimum absolute atomic E-state index is 0.212. The molecule has 0 heterocycles. The van der Waals surface area contributed by atoms with Crippen LogP contribution in [0.25, 0.3) is 0 Å². The topological polar surface area (TPSA) is 63.6 Å². The minimum atomic E-state index is -5.93. The third-order valence-electron chi connectivity index (χ3n) is 1.59. The van der Waals surface area contributed by atoms with Gasteiger partial charge in [-0.05, 0) is 24.3 Å². The predicted octanol–water partition coefficient (Wildman–Crippen LogP) is 3.17. The molecule has 0 amide bonds. The second-order valence-electron chi connectivity index (χ2n) is 2.91. The van der Waals surface area contributed by atoms with E-state index in [0.717, 1.165) is 12.1 Å². The number of rotatable bonds is 2. The van der Waals surface area contributed by atoms with Crippen molar-refractivity contribution in [3.63, 3.8) is 0 Å². The maximum Gasteiger partial charge on any atom is 0.519 e. The molecule has 0 fully saturated rings. The smallest absolute Gasteiger partial charge is 0.227 e. The van der Waals surface area contributed by atoms with Crippen molar-refractivity contribution < 1.29 is 25.8 Å². The quantitative estimate of drug-likeness (QED) is 0.776. The summed E-state index contributed by atoms with van der Waals surface area (Å²) in [5.74, 6) is 0. The molecule has 0 saturated heterocycles. The minimum Gasteiger partial charge on any atom is -0.227 e. The summed E-state index contributed by atoms with van der Waals surface area (Å²) < 4.78 is 71.5. The third kappa shape index (κ3) is 3.50. The Bertz CT molecular complexity index is 660. The van der Waals surface area contributed by atoms with Crippen LogP contribution in [0, 0.1) is 0 Å². The van der Waals surface area contributed by atoms with Crippen molar-refractivity contribution in [2.24, 2.45) is 3.77 Å². The Morgan fingerprint density at radius 2 is 1.50 bits per heavy atom. The van der Waals surface area contributed by atoms with Gasteiger partial charge in [0, 0.05) is 15.7 Å². The lowest BCUT2D eigenvalue weighted by molar-refractivity contribution is -0.0434. The highest BCUT2D eigenvalue weighted by atomic mass is 35.7. The van der Waals surface area contributed by atoms with E-state index in [-0.39, 0.29) is 9.92 Å². The molecule has 0 spiro atoms. The van der Waals surface area contributed by atoms with E-state index in [4.69, 9.17) is 22.3 Å². The van der Waals surface area contributed by atoms with Gasteiger partial charge in [-0.1, -0.05) is 15.4 Å². The Kier molecular flexibility index (Phi) is 4.21. The molecule has 0 aliphatic rings. The van der Waals surface area contributed by atoms with Crippen molar-refractivity contribution >= 4 is 41.2 Å². The summed E-state index contributed by atoms with van der Waals surface area (Å²) in [6.45, 7) is 0. The first-order valence-corrected chi connectivity index (χ1v) is 8.16. The highest BCUT2D eigenvalue weighted by molar-refractivity contribution is 8.19. The second kappa shape index (κ2) is 4.87. The first kappa shape index (κ1) is 15.5. The van der Waals surface area contributed by atoms with Gasteiger partial charge in [0.15, 0.2) is 8.94 Å². The molecule has 0 aromatic heterocycles. The molecular weight excluding hydrogens is 338 g/mol. The van der Waals surface area contributed by atoms with Gasteiger partial charge in [0.1, 0.15) is 0 Å². The molecule has 1 rings (SSSR count). The molecule has 11 heteroatoms. The fraction of sp³-hybridized carbons (Fsp3) is 0.143. The van der Waals surface area contributed by atoms with E-state index in [1.807, 2.05) is 0 Å². The standard InChI is InChI=1S/C7H4Cl2F3NO3S2/c8-5-1-3-6(4-2-5)17(9,14)13-18(15,16)7(10,11)12/h1-4H. The maximum atomic E-state index is 12.1. The lowest BCUT2D eigenvalue weighted by Crippen LogP contribution is -2.21. The summed E-state index contributed by atoms with van der Waals surface area (Å²) in [5, 5.41) is 0.212. The van der Waals surface area contributed by atoms with Crippen LogP contribution in [0.2, 0.25) is 5.02 Å². The Balaban J connectivity index is 3.40. The second-order valence-corrected chi connectivity index (χ2v) is 8.00. The van der Waals surface area contributed by atoms with Crippen molar-refractivity contribution in [3.8, 4) is 0 Å². The molecule has 4 nitrogen and oxygen atoms in total. The number of nitrogens with zero attached hydrogens (tertiary/aromatic N) is 1. The molecule has 1 aromatic rings. The van der Waals surface area contributed by atoms with Gasteiger partial charge >= 0.3 is 15.5 Å². The Labute approximate surface area is 110 Å². The number of benzene rings is 1. The van der Waals surface area contributed by atoms with Gasteiger partial charge in [0.25, 0.3) is 0 Å². The van der Waals surface area contributed by atoms with Gasteiger partial charge in [-0.25, -0.2) is 4.21 Å². The monoisotopic (exact) mass is 341 g/mol. The van der Waals surface area contributed by atoms with Gasteiger partial charge in [0.05, 0.1) is 4.90 Å². The average Bonchev–Trinajstić information content (AvgIpc) is 2.14. The lowest BCUT2D eigenvalue weighted by atomic mass is 10.4. The van der Waals surface area contributed by atoms with E-state index in [2.05, 4.69) is 3.77 Å². The van der Waals surface area contributed by atoms with Gasteiger partial charge in [0.2, 0.25) is 0 Å². The number of halogens is 5. The summed E-state index contributed by atoms with van der Waals surface area (Å²) in [4.78, 5) is -0.388. The Hall–Kier alpha value is -0.510. The molecule has 0 aliphatic carbocycles. The SMILES string of the molecule is O=S(=O)(N=S(=O)(Cl)c1ccc(Cl)cc1)C(F)(F)F. The van der Waals surface area contributed by atoms with Gasteiger partial charge in [-0.2, -0.15) is 21.6 Å². The fourth-order valence-electron chi connectivity index (χ4n) is 0.814. The molecule has 0 aliphatic heterocycles. The molecule has 1 aromatic carbocycles. The van der Waals surface area contributed by atoms with Crippen LogP contribution in [0.4, 0.5) is 13.2 Å². The van der Waals surface area contributed by atoms with Gasteiger partial charge in [-0.3, -0.25) is 0 Å². The van der Waals surface area contributed by atoms with Crippen molar-refractivity contribution in [1.29, 1.82) is 0 Å². The predicted molar refractivity (Wildman–Crippen MR) is 61.1 cm³/mol. The third-order valence-corrected chi connectivity index (χ3v) is 5.87. The van der Waals surface area contributed by atoms with E-state index in [9.17, 15) is 25.8 Å². The molecule has 1 atom stereocenters. The summed E-state index contributed by atoms with van der Waals surface area (Å²) in [6, 6.07) is 4.42. The van der Waals surface area contributed by atoms with Crippen LogP contribution in [0.1, 0.15) is 0 Å². The average molecular weight is 342 g/mol. The van der Waals surface area contributed by atoms with Crippen LogP contribution in [0.3, 0.4) is 0 Å². The molecule has 0 radical (unpaired) electrons. The van der Waals surface area contributed by atoms with Crippen molar-refractivity contribution in [2.45, 2.75) is 10.4 Å². The highest BCUT2D eigenvalue weighted by Gasteiger charge is 2.47. The van der Waals surface area contributed by atoms with Crippen molar-refractivity contribution in [2.75, 3.05) is 0 Å². The summed E-state index contributed by atoms with van der Waals surface area (Å²) in [6.07, 6.45) is 0. The van der Waals surface area contributed by atoms with Gasteiger partial charge in [-0.15, -0.1) is 0 Å². The van der Waals surface area contributed by atoms with Crippen LogP contribution in [0.5, 0.6) is 0 Å². The first-order chi connectivity index (χ1) is 7.96. The number of hydrogen-bond acceptors (Lipinski definition) is 3. The maximum absolute atomic E-state index is 12.1. The zero-order chi connectivity index (χ0) is 14.2. The zero-order valence-corrected chi connectivity index (χ0v) is 11.3. The van der Waals surface area contributed by atoms with E-state index < -0.39 is 24.5 Å². The number of sulfonamides is 1. The van der Waals surface area contributed by atoms with Crippen LogP contribution in [-0.2, 0) is 19.0 Å². The van der Waals surface area contributed by atoms with E-state index >= 15 is 0 Å². The van der Waals surface area contributed by atoms with E-state index in [0.29, 0.717) is 0 Å². The van der Waals surface area contributed by atoms with Crippen LogP contribution < -0.4 is 0 Å². The lowest BCUT2D eigenvalue weighted by Gasteiger charge is -2.05. The molecule has 0 N–H and O–H groups in total. The van der Waals surface area contributed by atoms with Crippen molar-refractivity contribution in [3.05, 3.63) is 29.3 Å². The number of alkyl halides is 3. The van der Waals surface area contributed by atoms with E-state index in [1.54, 1.807) is 0 Å². The molecular formula is C7H4Cl2F3NO3S2. The van der Waals surface area contributed by atoms with Gasteiger partial charge < -0.3 is 0 Å². The molecule has 1 unspecified atom stereocenters. The number of hydrogen-bond donors (Lipinski definition) is 0. The Morgan fingerprint density at radius 3 is 1.89 bits per heavy atom. The van der Waals surface area contributed by atoms with Crippen molar-refractivity contribution in [1.82, 2.24) is 0 Å². The van der Waals surface area contributed by atoms with Crippen LogP contribution in [0.15, 0.2) is 32.9 Å². The largest absolute Gasteiger partial charge is 0.519 e. The van der Waals surface area contributed by atoms with Crippen LogP contribution >= 0.6 is 22.3 Å². The highest BCUT2D eigenvalue weighted by Crippen LogP contribution is 2.29. The fourth-order valence-corrected chi connectivity index (χ4v) is 4.08. The summed E-state index contributed by atoms with van der Waals surface area (Å²) >= 11 is 5.50. The first-order valence-electron chi connectivity index (χ1n) is 4.00. The Morgan fingerprint density at radius 1 is 1.06 bits per heavy atom. The van der Waals surface area contributed by atoms with E-state index in [1.165, 1.54) is 12.1 Å². The van der Waals surface area contributed by atoms with Crippen LogP contribution in [-0.4, -0.2) is 18.1 Å². The molecule has 102 valence electrons. The molecule has 0 bridgehead atoms. The normalized spacial score (nSPS) is 16.1.